The Morgan fingerprint density at radius 3 is 2.81 bits per heavy atom. The summed E-state index contributed by atoms with van der Waals surface area (Å²) in [6.45, 7) is 1.98. The zero-order chi connectivity index (χ0) is 19.0. The number of amides is 1. The van der Waals surface area contributed by atoms with Gasteiger partial charge in [0.15, 0.2) is 5.82 Å². The van der Waals surface area contributed by atoms with Gasteiger partial charge in [-0.05, 0) is 48.6 Å². The lowest BCUT2D eigenvalue weighted by Gasteiger charge is -2.33. The normalized spacial score (nSPS) is 18.7. The average molecular weight is 383 g/mol. The van der Waals surface area contributed by atoms with E-state index in [9.17, 15) is 9.90 Å². The number of aryl methyl sites for hydroxylation is 1. The number of halogens is 1. The van der Waals surface area contributed by atoms with Gasteiger partial charge < -0.3 is 5.11 Å². The molecular weight excluding hydrogens is 364 g/mol. The number of rotatable bonds is 3. The number of carbonyl (C=O) groups is 1. The zero-order valence-corrected chi connectivity index (χ0v) is 15.5. The Kier molecular flexibility index (Phi) is 4.36. The van der Waals surface area contributed by atoms with Crippen LogP contribution in [0.25, 0.3) is 11.4 Å². The molecule has 1 aliphatic carbocycles. The van der Waals surface area contributed by atoms with Crippen LogP contribution in [0.3, 0.4) is 0 Å². The van der Waals surface area contributed by atoms with Crippen molar-refractivity contribution in [3.63, 3.8) is 0 Å². The van der Waals surface area contributed by atoms with Gasteiger partial charge in [-0.3, -0.25) is 15.2 Å². The van der Waals surface area contributed by atoms with Crippen molar-refractivity contribution < 1.29 is 9.90 Å². The van der Waals surface area contributed by atoms with Crippen LogP contribution in [0.5, 0.6) is 5.75 Å². The molecule has 0 saturated heterocycles. The van der Waals surface area contributed by atoms with Crippen LogP contribution in [0.1, 0.15) is 24.5 Å². The minimum atomic E-state index is -0.503. The first-order valence-electron chi connectivity index (χ1n) is 8.74. The Morgan fingerprint density at radius 2 is 2.04 bits per heavy atom. The van der Waals surface area contributed by atoms with E-state index in [-0.39, 0.29) is 22.6 Å². The average Bonchev–Trinajstić information content (AvgIpc) is 3.12. The van der Waals surface area contributed by atoms with Crippen LogP contribution in [0.15, 0.2) is 42.5 Å². The Labute approximate surface area is 161 Å². The maximum atomic E-state index is 12.9. The lowest BCUT2D eigenvalue weighted by atomic mass is 9.72. The van der Waals surface area contributed by atoms with E-state index in [1.54, 1.807) is 12.1 Å². The first kappa shape index (κ1) is 17.5. The molecule has 1 aromatic heterocycles. The van der Waals surface area contributed by atoms with Crippen LogP contribution in [0, 0.1) is 5.41 Å². The summed E-state index contributed by atoms with van der Waals surface area (Å²) in [5.74, 6) is 0.593. The number of nitrogens with zero attached hydrogens (tertiary/aromatic N) is 2. The number of hydrogen-bond acceptors (Lipinski definition) is 4. The van der Waals surface area contributed by atoms with E-state index in [0.717, 1.165) is 12.8 Å². The number of aromatic hydroxyl groups is 1. The molecule has 0 aliphatic heterocycles. The topological polar surface area (TPSA) is 90.9 Å². The van der Waals surface area contributed by atoms with Gasteiger partial charge >= 0.3 is 0 Å². The van der Waals surface area contributed by atoms with Crippen LogP contribution in [-0.2, 0) is 17.6 Å². The minimum absolute atomic E-state index is 0.000960. The van der Waals surface area contributed by atoms with Gasteiger partial charge in [-0.25, -0.2) is 0 Å². The molecule has 1 heterocycles. The number of hydrogen-bond donors (Lipinski definition) is 3. The molecule has 0 bridgehead atoms. The Bertz CT molecular complexity index is 1020. The van der Waals surface area contributed by atoms with E-state index < -0.39 is 5.41 Å². The van der Waals surface area contributed by atoms with E-state index in [1.165, 1.54) is 17.2 Å². The third-order valence-electron chi connectivity index (χ3n) is 5.13. The van der Waals surface area contributed by atoms with Gasteiger partial charge in [-0.15, -0.1) is 5.10 Å². The number of H-pyrrole nitrogens is 1. The van der Waals surface area contributed by atoms with E-state index in [1.807, 2.05) is 19.1 Å². The van der Waals surface area contributed by atoms with Gasteiger partial charge in [0.2, 0.25) is 11.9 Å². The molecule has 0 saturated carbocycles. The number of aromatic amines is 1. The SMILES string of the molecule is CC1(C(=O)Nc2n[nH]c(-c3ccc(O)c(Cl)c3)n2)CCc2ccccc2C1. The monoisotopic (exact) mass is 382 g/mol. The summed E-state index contributed by atoms with van der Waals surface area (Å²) in [5.41, 5.74) is 2.70. The van der Waals surface area contributed by atoms with E-state index >= 15 is 0 Å². The van der Waals surface area contributed by atoms with Gasteiger partial charge in [0, 0.05) is 5.56 Å². The Morgan fingerprint density at radius 1 is 1.26 bits per heavy atom. The molecule has 1 amide bonds. The molecule has 4 rings (SSSR count). The highest BCUT2D eigenvalue weighted by Gasteiger charge is 2.37. The summed E-state index contributed by atoms with van der Waals surface area (Å²) in [6, 6.07) is 13.0. The quantitative estimate of drug-likeness (QED) is 0.639. The highest BCUT2D eigenvalue weighted by atomic mass is 35.5. The predicted molar refractivity (Wildman–Crippen MR) is 104 cm³/mol. The number of anilines is 1. The largest absolute Gasteiger partial charge is 0.506 e. The summed E-state index contributed by atoms with van der Waals surface area (Å²) >= 11 is 5.93. The Balaban J connectivity index is 1.50. The van der Waals surface area contributed by atoms with Crippen LogP contribution in [-0.4, -0.2) is 26.2 Å². The molecule has 27 heavy (non-hydrogen) atoms. The van der Waals surface area contributed by atoms with Gasteiger partial charge in [0.25, 0.3) is 0 Å². The number of carbonyl (C=O) groups excluding carboxylic acids is 1. The molecule has 1 unspecified atom stereocenters. The van der Waals surface area contributed by atoms with E-state index in [2.05, 4.69) is 32.6 Å². The van der Waals surface area contributed by atoms with Crippen molar-refractivity contribution in [2.45, 2.75) is 26.2 Å². The van der Waals surface area contributed by atoms with Crippen molar-refractivity contribution in [1.82, 2.24) is 15.2 Å². The van der Waals surface area contributed by atoms with Gasteiger partial charge in [0.05, 0.1) is 10.4 Å². The number of nitrogens with one attached hydrogen (secondary N) is 2. The van der Waals surface area contributed by atoms with Crippen molar-refractivity contribution in [3.05, 3.63) is 58.6 Å². The molecule has 3 N–H and O–H groups in total. The lowest BCUT2D eigenvalue weighted by Crippen LogP contribution is -2.38. The van der Waals surface area contributed by atoms with Crippen LogP contribution >= 0.6 is 11.6 Å². The summed E-state index contributed by atoms with van der Waals surface area (Å²) in [6.07, 6.45) is 2.35. The molecule has 7 heteroatoms. The fourth-order valence-corrected chi connectivity index (χ4v) is 3.62. The van der Waals surface area contributed by atoms with Crippen LogP contribution in [0.4, 0.5) is 5.95 Å². The fourth-order valence-electron chi connectivity index (χ4n) is 3.44. The standard InChI is InChI=1S/C20H19ClN4O2/c1-20(9-8-12-4-2-3-5-14(12)11-20)18(27)23-19-22-17(24-25-19)13-6-7-16(26)15(21)10-13/h2-7,10,26H,8-9,11H2,1H3,(H2,22,23,24,25,27). The maximum absolute atomic E-state index is 12.9. The van der Waals surface area contributed by atoms with Crippen molar-refractivity contribution in [2.24, 2.45) is 5.41 Å². The summed E-state index contributed by atoms with van der Waals surface area (Å²) in [4.78, 5) is 17.2. The molecule has 6 nitrogen and oxygen atoms in total. The van der Waals surface area contributed by atoms with Gasteiger partial charge in [-0.2, -0.15) is 4.98 Å². The first-order valence-corrected chi connectivity index (χ1v) is 9.12. The first-order chi connectivity index (χ1) is 12.9. The van der Waals surface area contributed by atoms with E-state index in [4.69, 9.17) is 11.6 Å². The molecule has 0 spiro atoms. The maximum Gasteiger partial charge on any atom is 0.249 e. The number of aromatic nitrogens is 3. The number of fused-ring (bicyclic) bond motifs is 1. The number of phenolic OH excluding ortho intramolecular Hbond substituents is 1. The molecule has 0 fully saturated rings. The minimum Gasteiger partial charge on any atom is -0.506 e. The second kappa shape index (κ2) is 6.70. The van der Waals surface area contributed by atoms with Gasteiger partial charge in [-0.1, -0.05) is 42.8 Å². The third-order valence-corrected chi connectivity index (χ3v) is 5.43. The number of benzene rings is 2. The molecule has 0 radical (unpaired) electrons. The molecular formula is C20H19ClN4O2. The molecule has 2 aromatic carbocycles. The second-order valence-corrected chi connectivity index (χ2v) is 7.54. The van der Waals surface area contributed by atoms with Gasteiger partial charge in [0.1, 0.15) is 5.75 Å². The molecule has 1 atom stereocenters. The number of phenols is 1. The van der Waals surface area contributed by atoms with Crippen molar-refractivity contribution in [3.8, 4) is 17.1 Å². The second-order valence-electron chi connectivity index (χ2n) is 7.13. The highest BCUT2D eigenvalue weighted by molar-refractivity contribution is 6.32. The van der Waals surface area contributed by atoms with Crippen LogP contribution < -0.4 is 5.32 Å². The Hall–Kier alpha value is -2.86. The molecule has 1 aliphatic rings. The lowest BCUT2D eigenvalue weighted by molar-refractivity contribution is -0.125. The smallest absolute Gasteiger partial charge is 0.249 e. The van der Waals surface area contributed by atoms with Crippen molar-refractivity contribution in [2.75, 3.05) is 5.32 Å². The van der Waals surface area contributed by atoms with Crippen LogP contribution in [0.2, 0.25) is 5.02 Å². The molecule has 138 valence electrons. The summed E-state index contributed by atoms with van der Waals surface area (Å²) < 4.78 is 0. The zero-order valence-electron chi connectivity index (χ0n) is 14.8. The molecule has 3 aromatic rings. The predicted octanol–water partition coefficient (Wildman–Crippen LogP) is 3.96. The highest BCUT2D eigenvalue weighted by Crippen LogP contribution is 2.36. The van der Waals surface area contributed by atoms with E-state index in [0.29, 0.717) is 17.8 Å². The van der Waals surface area contributed by atoms with Crippen molar-refractivity contribution >= 4 is 23.5 Å². The fraction of sp³-hybridized carbons (Fsp3) is 0.250. The summed E-state index contributed by atoms with van der Waals surface area (Å²) in [7, 11) is 0. The van der Waals surface area contributed by atoms with Crippen molar-refractivity contribution in [1.29, 1.82) is 0 Å². The third kappa shape index (κ3) is 3.40. The summed E-state index contributed by atoms with van der Waals surface area (Å²) in [5, 5.41) is 19.4.